The Hall–Kier alpha value is -3.96. The van der Waals surface area contributed by atoms with Gasteiger partial charge in [-0.25, -0.2) is 4.98 Å². The molecule has 3 aromatic rings. The first kappa shape index (κ1) is 27.2. The second kappa shape index (κ2) is 11.5. The molecule has 4 heterocycles. The first-order chi connectivity index (χ1) is 19.9. The maximum Gasteiger partial charge on any atom is 0.262 e. The van der Waals surface area contributed by atoms with E-state index in [2.05, 4.69) is 55.7 Å². The van der Waals surface area contributed by atoms with Gasteiger partial charge in [0.05, 0.1) is 11.1 Å². The van der Waals surface area contributed by atoms with E-state index in [1.165, 1.54) is 17.1 Å². The van der Waals surface area contributed by atoms with Crippen LogP contribution in [0.15, 0.2) is 42.5 Å². The van der Waals surface area contributed by atoms with Crippen LogP contribution in [-0.2, 0) is 35.4 Å². The number of amides is 4. The smallest absolute Gasteiger partial charge is 0.262 e. The molecule has 4 amide bonds. The summed E-state index contributed by atoms with van der Waals surface area (Å²) in [6, 6.07) is 12.9. The number of hydrogen-bond acceptors (Lipinski definition) is 9. The summed E-state index contributed by atoms with van der Waals surface area (Å²) in [6.45, 7) is 6.81. The Balaban J connectivity index is 1.05. The van der Waals surface area contributed by atoms with E-state index in [4.69, 9.17) is 0 Å². The molecular formula is C30H32N6O4S. The van der Waals surface area contributed by atoms with Crippen molar-refractivity contribution in [1.82, 2.24) is 24.5 Å². The van der Waals surface area contributed by atoms with Gasteiger partial charge in [0.15, 0.2) is 0 Å². The number of aryl methyl sites for hydroxylation is 3. The van der Waals surface area contributed by atoms with Crippen LogP contribution in [0.25, 0.3) is 0 Å². The average molecular weight is 573 g/mol. The fourth-order valence-electron chi connectivity index (χ4n) is 5.76. The summed E-state index contributed by atoms with van der Waals surface area (Å²) < 4.78 is 4.41. The fraction of sp³-hybridized carbons (Fsp3) is 0.400. The molecule has 0 radical (unpaired) electrons. The number of piperazine rings is 1. The lowest BCUT2D eigenvalue weighted by Crippen LogP contribution is -2.54. The minimum absolute atomic E-state index is 0.104. The number of fused-ring (bicyclic) bond motifs is 1. The van der Waals surface area contributed by atoms with Crippen molar-refractivity contribution in [2.75, 3.05) is 31.1 Å². The average Bonchev–Trinajstić information content (AvgIpc) is 3.56. The molecule has 2 fully saturated rings. The van der Waals surface area contributed by atoms with E-state index in [1.54, 1.807) is 12.1 Å². The molecule has 3 aliphatic rings. The molecule has 41 heavy (non-hydrogen) atoms. The Morgan fingerprint density at radius 3 is 2.39 bits per heavy atom. The van der Waals surface area contributed by atoms with Crippen LogP contribution >= 0.6 is 11.5 Å². The number of hydrogen-bond donors (Lipinski definition) is 1. The van der Waals surface area contributed by atoms with Crippen molar-refractivity contribution in [3.63, 3.8) is 0 Å². The lowest BCUT2D eigenvalue weighted by molar-refractivity contribution is -0.136. The zero-order chi connectivity index (χ0) is 28.5. The van der Waals surface area contributed by atoms with Crippen LogP contribution < -0.4 is 10.2 Å². The summed E-state index contributed by atoms with van der Waals surface area (Å²) in [5.74, 6) is -0.991. The molecule has 2 aromatic carbocycles. The summed E-state index contributed by atoms with van der Waals surface area (Å²) in [5, 5.41) is 3.26. The number of carbonyl (C=O) groups is 4. The second-order valence-corrected chi connectivity index (χ2v) is 11.4. The largest absolute Gasteiger partial charge is 0.344 e. The van der Waals surface area contributed by atoms with Crippen LogP contribution in [-0.4, -0.2) is 75.0 Å². The molecule has 1 aromatic heterocycles. The summed E-state index contributed by atoms with van der Waals surface area (Å²) in [6.07, 6.45) is 2.43. The van der Waals surface area contributed by atoms with Crippen molar-refractivity contribution in [1.29, 1.82) is 0 Å². The minimum Gasteiger partial charge on any atom is -0.344 e. The van der Waals surface area contributed by atoms with Crippen LogP contribution in [0.5, 0.6) is 0 Å². The molecule has 0 spiro atoms. The van der Waals surface area contributed by atoms with Gasteiger partial charge < -0.3 is 4.90 Å². The highest BCUT2D eigenvalue weighted by molar-refractivity contribution is 7.09. The van der Waals surface area contributed by atoms with Crippen LogP contribution in [0.1, 0.15) is 63.0 Å². The molecule has 10 nitrogen and oxygen atoms in total. The second-order valence-electron chi connectivity index (χ2n) is 10.7. The minimum atomic E-state index is -0.957. The Labute approximate surface area is 242 Å². The highest BCUT2D eigenvalue weighted by atomic mass is 32.1. The molecule has 1 unspecified atom stereocenters. The molecule has 0 bridgehead atoms. The highest BCUT2D eigenvalue weighted by Gasteiger charge is 2.45. The molecule has 6 rings (SSSR count). The lowest BCUT2D eigenvalue weighted by Gasteiger charge is -2.34. The number of piperidine rings is 1. The van der Waals surface area contributed by atoms with E-state index in [9.17, 15) is 19.2 Å². The number of benzene rings is 2. The number of anilines is 1. The number of nitrogens with one attached hydrogen (secondary N) is 1. The van der Waals surface area contributed by atoms with E-state index >= 15 is 0 Å². The van der Waals surface area contributed by atoms with Crippen molar-refractivity contribution in [2.45, 2.75) is 51.6 Å². The molecule has 212 valence electrons. The fourth-order valence-corrected chi connectivity index (χ4v) is 6.56. The number of imide groups is 2. The van der Waals surface area contributed by atoms with Gasteiger partial charge in [-0.15, -0.1) is 0 Å². The van der Waals surface area contributed by atoms with Crippen molar-refractivity contribution in [2.24, 2.45) is 0 Å². The third-order valence-electron chi connectivity index (χ3n) is 8.08. The van der Waals surface area contributed by atoms with Gasteiger partial charge in [-0.05, 0) is 42.0 Å². The standard InChI is InChI=1S/C30H32N6O4S/c1-2-24-31-30(41-33-24)35-16-14-34(15-17-35)18-20-8-6-19(7-9-20)10-11-21-4-3-5-22-26(21)29(40)36(28(22)39)23-12-13-25(37)32-27(23)38/h3-9,23H,2,10-18H2,1H3,(H,32,37,38). The Morgan fingerprint density at radius 2 is 1.68 bits per heavy atom. The third kappa shape index (κ3) is 5.51. The van der Waals surface area contributed by atoms with Crippen molar-refractivity contribution < 1.29 is 19.2 Å². The van der Waals surface area contributed by atoms with Crippen molar-refractivity contribution >= 4 is 40.3 Å². The van der Waals surface area contributed by atoms with Gasteiger partial charge >= 0.3 is 0 Å². The molecule has 0 saturated carbocycles. The molecule has 1 N–H and O–H groups in total. The van der Waals surface area contributed by atoms with E-state index in [-0.39, 0.29) is 18.7 Å². The van der Waals surface area contributed by atoms with Gasteiger partial charge in [0, 0.05) is 57.1 Å². The SMILES string of the molecule is CCc1nsc(N2CCN(Cc3ccc(CCc4cccc5c4C(=O)N(C4CCC(=O)NC4=O)C5=O)cc3)CC2)n1. The zero-order valence-electron chi connectivity index (χ0n) is 23.0. The van der Waals surface area contributed by atoms with Gasteiger partial charge in [0.1, 0.15) is 11.9 Å². The van der Waals surface area contributed by atoms with Crippen LogP contribution in [0.3, 0.4) is 0 Å². The number of nitrogens with zero attached hydrogens (tertiary/aromatic N) is 5. The van der Waals surface area contributed by atoms with Crippen molar-refractivity contribution in [3.05, 3.63) is 76.1 Å². The number of carbonyl (C=O) groups excluding carboxylic acids is 4. The quantitative estimate of drug-likeness (QED) is 0.410. The maximum absolute atomic E-state index is 13.3. The molecule has 0 aliphatic carbocycles. The molecular weight excluding hydrogens is 540 g/mol. The summed E-state index contributed by atoms with van der Waals surface area (Å²) in [4.78, 5) is 60.8. The predicted octanol–water partition coefficient (Wildman–Crippen LogP) is 2.61. The summed E-state index contributed by atoms with van der Waals surface area (Å²) in [5.41, 5.74) is 3.90. The Morgan fingerprint density at radius 1 is 0.927 bits per heavy atom. The molecule has 1 atom stereocenters. The Kier molecular flexibility index (Phi) is 7.63. The lowest BCUT2D eigenvalue weighted by atomic mass is 9.96. The van der Waals surface area contributed by atoms with Crippen LogP contribution in [0.2, 0.25) is 0 Å². The van der Waals surface area contributed by atoms with Gasteiger partial charge in [0.2, 0.25) is 16.9 Å². The van der Waals surface area contributed by atoms with Gasteiger partial charge in [-0.3, -0.25) is 34.3 Å². The van der Waals surface area contributed by atoms with E-state index in [1.807, 2.05) is 6.07 Å². The van der Waals surface area contributed by atoms with E-state index in [0.29, 0.717) is 17.5 Å². The van der Waals surface area contributed by atoms with Gasteiger partial charge in [-0.1, -0.05) is 43.3 Å². The maximum atomic E-state index is 13.3. The van der Waals surface area contributed by atoms with Crippen molar-refractivity contribution in [3.8, 4) is 0 Å². The monoisotopic (exact) mass is 572 g/mol. The van der Waals surface area contributed by atoms with E-state index in [0.717, 1.165) is 72.5 Å². The number of rotatable bonds is 8. The number of aromatic nitrogens is 2. The third-order valence-corrected chi connectivity index (χ3v) is 8.90. The van der Waals surface area contributed by atoms with Crippen LogP contribution in [0, 0.1) is 0 Å². The Bertz CT molecular complexity index is 1490. The topological polar surface area (TPSA) is 116 Å². The first-order valence-electron chi connectivity index (χ1n) is 14.1. The zero-order valence-corrected chi connectivity index (χ0v) is 23.8. The molecule has 3 aliphatic heterocycles. The van der Waals surface area contributed by atoms with Gasteiger partial charge in [0.25, 0.3) is 11.8 Å². The summed E-state index contributed by atoms with van der Waals surface area (Å²) in [7, 11) is 0. The normalized spacial score (nSPS) is 19.6. The van der Waals surface area contributed by atoms with E-state index < -0.39 is 23.8 Å². The molecule has 2 saturated heterocycles. The van der Waals surface area contributed by atoms with Gasteiger partial charge in [-0.2, -0.15) is 4.37 Å². The predicted molar refractivity (Wildman–Crippen MR) is 154 cm³/mol. The summed E-state index contributed by atoms with van der Waals surface area (Å²) >= 11 is 1.49. The highest BCUT2D eigenvalue weighted by Crippen LogP contribution is 2.30. The molecule has 11 heteroatoms. The van der Waals surface area contributed by atoms with Crippen LogP contribution in [0.4, 0.5) is 5.13 Å². The first-order valence-corrected chi connectivity index (χ1v) is 14.9.